The van der Waals surface area contributed by atoms with Crippen LogP contribution in [0.1, 0.15) is 119 Å². The van der Waals surface area contributed by atoms with Gasteiger partial charge in [0.2, 0.25) is 23.6 Å². The van der Waals surface area contributed by atoms with E-state index in [2.05, 4.69) is 21.3 Å². The number of carbonyl (C=O) groups excluding carboxylic acids is 8. The lowest BCUT2D eigenvalue weighted by Crippen LogP contribution is -2.50. The SMILES string of the molecule is COc1cc2c(cc1OCCCCCOc1cc3c(cc1OC)C(=O)N1C=C(C)C[C@H]1[C@H](O)N3C(=O)OCc1ccc(NC(=O)[C@H](C)NC(=O)[C@@H](N)C(C)C)cc1)N(C(=O)OCc1ccc(NC(=O)[C@H](C)NC(=O)[C@@H](N)C(C)C)cc1)[C@@H](O)[C@@H]1CC(C)=CN1C2=O. The predicted octanol–water partition coefficient (Wildman–Crippen LogP) is 6.37. The van der Waals surface area contributed by atoms with Gasteiger partial charge in [-0.1, -0.05) is 63.1 Å². The number of hydrogen-bond acceptors (Lipinski definition) is 18. The molecule has 91 heavy (non-hydrogen) atoms. The maximum atomic E-state index is 14.2. The molecule has 10 N–H and O–H groups in total. The van der Waals surface area contributed by atoms with Crippen LogP contribution >= 0.6 is 0 Å². The van der Waals surface area contributed by atoms with Crippen molar-refractivity contribution in [2.45, 2.75) is 149 Å². The topological polar surface area (TPSA) is 346 Å². The summed E-state index contributed by atoms with van der Waals surface area (Å²) >= 11 is 0. The molecule has 0 radical (unpaired) electrons. The van der Waals surface area contributed by atoms with Crippen LogP contribution in [0.2, 0.25) is 0 Å². The fourth-order valence-corrected chi connectivity index (χ4v) is 10.6. The number of benzene rings is 4. The van der Waals surface area contributed by atoms with Crippen LogP contribution in [0.5, 0.6) is 23.0 Å². The van der Waals surface area contributed by atoms with E-state index in [1.54, 1.807) is 102 Å². The fraction of sp³-hybridized carbons (Fsp3) is 0.446. The van der Waals surface area contributed by atoms with E-state index in [1.807, 2.05) is 13.8 Å². The van der Waals surface area contributed by atoms with Gasteiger partial charge in [0.1, 0.15) is 25.3 Å². The van der Waals surface area contributed by atoms with Crippen molar-refractivity contribution >= 4 is 70.4 Å². The second kappa shape index (κ2) is 29.6. The summed E-state index contributed by atoms with van der Waals surface area (Å²) in [5.74, 6) is -2.27. The zero-order chi connectivity index (χ0) is 66.1. The number of anilines is 4. The molecule has 4 heterocycles. The molecule has 8 amide bonds. The number of nitrogens with one attached hydrogen (secondary N) is 4. The van der Waals surface area contributed by atoms with E-state index in [4.69, 9.17) is 39.9 Å². The van der Waals surface area contributed by atoms with Crippen molar-refractivity contribution in [3.63, 3.8) is 0 Å². The summed E-state index contributed by atoms with van der Waals surface area (Å²) in [6.45, 7) is 13.7. The van der Waals surface area contributed by atoms with Gasteiger partial charge in [-0.05, 0) is 119 Å². The van der Waals surface area contributed by atoms with Gasteiger partial charge in [0.15, 0.2) is 35.5 Å². The van der Waals surface area contributed by atoms with Gasteiger partial charge in [0, 0.05) is 35.9 Å². The molecular formula is C65H82N10O16. The van der Waals surface area contributed by atoms with Crippen LogP contribution in [-0.2, 0) is 41.9 Å². The third-order valence-corrected chi connectivity index (χ3v) is 16.1. The van der Waals surface area contributed by atoms with Crippen LogP contribution in [0, 0.1) is 11.8 Å². The van der Waals surface area contributed by atoms with Crippen molar-refractivity contribution in [1.29, 1.82) is 0 Å². The number of methoxy groups -OCH3 is 2. The van der Waals surface area contributed by atoms with E-state index in [9.17, 15) is 48.6 Å². The molecule has 0 unspecified atom stereocenters. The van der Waals surface area contributed by atoms with Crippen LogP contribution in [0.3, 0.4) is 0 Å². The molecule has 4 aromatic rings. The predicted molar refractivity (Wildman–Crippen MR) is 336 cm³/mol. The highest BCUT2D eigenvalue weighted by Crippen LogP contribution is 2.44. The first-order chi connectivity index (χ1) is 43.3. The third-order valence-electron chi connectivity index (χ3n) is 16.1. The Morgan fingerprint density at radius 3 is 1.24 bits per heavy atom. The molecule has 8 rings (SSSR count). The Hall–Kier alpha value is -9.24. The number of fused-ring (bicyclic) bond motifs is 4. The van der Waals surface area contributed by atoms with Crippen molar-refractivity contribution in [1.82, 2.24) is 20.4 Å². The summed E-state index contributed by atoms with van der Waals surface area (Å²) < 4.78 is 35.5. The average molecular weight is 1260 g/mol. The lowest BCUT2D eigenvalue weighted by atomic mass is 10.0. The molecule has 0 fully saturated rings. The summed E-state index contributed by atoms with van der Waals surface area (Å²) in [5, 5.41) is 34.6. The number of hydrogen-bond donors (Lipinski definition) is 8. The van der Waals surface area contributed by atoms with Gasteiger partial charge in [0.05, 0.1) is 74.1 Å². The molecule has 0 saturated carbocycles. The number of nitrogens with zero attached hydrogens (tertiary/aromatic N) is 4. The lowest BCUT2D eigenvalue weighted by Gasteiger charge is -2.31. The number of nitrogens with two attached hydrogens (primary N) is 2. The Kier molecular flexibility index (Phi) is 22.0. The summed E-state index contributed by atoms with van der Waals surface area (Å²) in [5.41, 5.74) is 15.6. The van der Waals surface area contributed by atoms with E-state index < -0.39 is 96.3 Å². The maximum Gasteiger partial charge on any atom is 0.416 e. The molecule has 0 spiro atoms. The second-order valence-electron chi connectivity index (χ2n) is 23.8. The van der Waals surface area contributed by atoms with E-state index in [-0.39, 0.29) is 96.6 Å². The number of amides is 8. The van der Waals surface area contributed by atoms with Gasteiger partial charge in [0.25, 0.3) is 11.8 Å². The monoisotopic (exact) mass is 1260 g/mol. The minimum absolute atomic E-state index is 0.0289. The summed E-state index contributed by atoms with van der Waals surface area (Å²) in [4.78, 5) is 112. The molecule has 26 nitrogen and oxygen atoms in total. The van der Waals surface area contributed by atoms with Crippen molar-refractivity contribution in [3.05, 3.63) is 119 Å². The van der Waals surface area contributed by atoms with Gasteiger partial charge in [-0.2, -0.15) is 0 Å². The Morgan fingerprint density at radius 2 is 0.901 bits per heavy atom. The molecular weight excluding hydrogens is 1180 g/mol. The smallest absolute Gasteiger partial charge is 0.416 e. The van der Waals surface area contributed by atoms with Crippen LogP contribution in [0.4, 0.5) is 32.3 Å². The van der Waals surface area contributed by atoms with Gasteiger partial charge in [-0.3, -0.25) is 28.8 Å². The first-order valence-corrected chi connectivity index (χ1v) is 30.2. The summed E-state index contributed by atoms with van der Waals surface area (Å²) in [6.07, 6.45) is 0.384. The highest BCUT2D eigenvalue weighted by Gasteiger charge is 2.47. The normalized spacial score (nSPS) is 18.8. The van der Waals surface area contributed by atoms with E-state index in [0.717, 1.165) is 20.9 Å². The first kappa shape index (κ1) is 67.7. The molecule has 4 aliphatic rings. The molecule has 0 saturated heterocycles. The highest BCUT2D eigenvalue weighted by atomic mass is 16.6. The van der Waals surface area contributed by atoms with Crippen LogP contribution in [0.15, 0.2) is 96.3 Å². The molecule has 0 aliphatic carbocycles. The molecule has 4 aromatic carbocycles. The quantitative estimate of drug-likeness (QED) is 0.0353. The van der Waals surface area contributed by atoms with Gasteiger partial charge in [-0.25, -0.2) is 19.4 Å². The van der Waals surface area contributed by atoms with E-state index in [0.29, 0.717) is 41.8 Å². The molecule has 26 heteroatoms. The zero-order valence-corrected chi connectivity index (χ0v) is 52.8. The minimum atomic E-state index is -1.55. The molecule has 488 valence electrons. The summed E-state index contributed by atoms with van der Waals surface area (Å²) in [7, 11) is 2.83. The van der Waals surface area contributed by atoms with E-state index in [1.165, 1.54) is 48.3 Å². The lowest BCUT2D eigenvalue weighted by molar-refractivity contribution is -0.127. The standard InChI is InChI=1S/C65H82N10O16/c1-34(2)54(66)58(78)68-38(7)56(76)70-42-18-14-40(15-19-42)32-90-64(84)74-46-28-52(50(86-9)26-44(46)60(80)72-30-36(5)24-48(72)62(74)82)88-22-12-11-13-23-89-53-29-47-45(27-51(53)87-10)61(81)73-31-37(6)25-49(73)63(83)75(47)65(85)91-33-41-16-20-43(21-17-41)71-57(77)39(8)69-59(79)55(67)35(3)4/h14-21,26-31,34-35,38-39,48-49,54-55,62-63,82-83H,11-13,22-25,32-33,66-67H2,1-10H3,(H,68,78)(H,69,79)(H,70,76)(H,71,77)/t38-,39-,48-,49-,54-,55-,62-,63-/m0/s1. The van der Waals surface area contributed by atoms with Gasteiger partial charge >= 0.3 is 12.2 Å². The zero-order valence-electron chi connectivity index (χ0n) is 52.8. The molecule has 8 atom stereocenters. The first-order valence-electron chi connectivity index (χ1n) is 30.2. The Labute approximate surface area is 528 Å². The van der Waals surface area contributed by atoms with E-state index >= 15 is 0 Å². The van der Waals surface area contributed by atoms with Crippen molar-refractivity contribution in [2.75, 3.05) is 47.9 Å². The van der Waals surface area contributed by atoms with Crippen LogP contribution in [-0.4, -0.2) is 144 Å². The molecule has 4 aliphatic heterocycles. The summed E-state index contributed by atoms with van der Waals surface area (Å²) in [6, 6.07) is 13.9. The Bertz CT molecular complexity index is 3220. The maximum absolute atomic E-state index is 14.2. The third kappa shape index (κ3) is 15.7. The Morgan fingerprint density at radius 1 is 0.538 bits per heavy atom. The fourth-order valence-electron chi connectivity index (χ4n) is 10.6. The van der Waals surface area contributed by atoms with Crippen molar-refractivity contribution < 1.29 is 77.0 Å². The number of carbonyl (C=O) groups is 8. The number of aliphatic hydroxyl groups excluding tert-OH is 2. The number of ether oxygens (including phenoxy) is 6. The highest BCUT2D eigenvalue weighted by molar-refractivity contribution is 6.08. The number of rotatable bonds is 24. The van der Waals surface area contributed by atoms with Crippen molar-refractivity contribution in [3.8, 4) is 23.0 Å². The largest absolute Gasteiger partial charge is 0.493 e. The average Bonchev–Trinajstić information content (AvgIpc) is 1.64. The number of unbranched alkanes of at least 4 members (excludes halogenated alkanes) is 2. The molecule has 0 bridgehead atoms. The second-order valence-corrected chi connectivity index (χ2v) is 23.8. The van der Waals surface area contributed by atoms with Gasteiger partial charge in [-0.15, -0.1) is 0 Å². The van der Waals surface area contributed by atoms with Gasteiger partial charge < -0.3 is 81.2 Å². The van der Waals surface area contributed by atoms with Crippen LogP contribution < -0.4 is 61.5 Å². The number of aliphatic hydroxyl groups is 2. The van der Waals surface area contributed by atoms with Crippen molar-refractivity contribution in [2.24, 2.45) is 23.3 Å². The van der Waals surface area contributed by atoms with Crippen LogP contribution in [0.25, 0.3) is 0 Å². The molecule has 0 aromatic heterocycles. The Balaban J connectivity index is 0.898. The minimum Gasteiger partial charge on any atom is -0.493 e.